The van der Waals surface area contributed by atoms with Crippen LogP contribution in [-0.4, -0.2) is 52.3 Å². The first-order valence-electron chi connectivity index (χ1n) is 5.22. The number of nitrogens with one attached hydrogen (secondary N) is 1. The number of methoxy groups -OCH3 is 3. The van der Waals surface area contributed by atoms with E-state index in [0.717, 1.165) is 5.82 Å². The Hall–Kier alpha value is -0.780. The summed E-state index contributed by atoms with van der Waals surface area (Å²) in [5.41, 5.74) is 0. The Morgan fingerprint density at radius 3 is 2.00 bits per heavy atom. The molecule has 16 heavy (non-hydrogen) atoms. The molecule has 0 aliphatic carbocycles. The van der Waals surface area contributed by atoms with Crippen LogP contribution in [0.3, 0.4) is 0 Å². The first-order valence-corrected chi connectivity index (χ1v) is 5.22. The second kappa shape index (κ2) is 6.73. The van der Waals surface area contributed by atoms with Crippen LogP contribution in [-0.2, 0) is 14.2 Å². The van der Waals surface area contributed by atoms with Gasteiger partial charge < -0.3 is 24.4 Å². The van der Waals surface area contributed by atoms with E-state index in [1.54, 1.807) is 21.3 Å². The number of hydrogen-bond donors (Lipinski definition) is 1. The molecular weight excluding hydrogens is 208 g/mol. The van der Waals surface area contributed by atoms with Crippen molar-refractivity contribution in [1.29, 1.82) is 0 Å². The van der Waals surface area contributed by atoms with Crippen molar-refractivity contribution in [1.82, 2.24) is 10.2 Å². The maximum Gasteiger partial charge on any atom is 0.277 e. The Balaban J connectivity index is 4.92. The average Bonchev–Trinajstić information content (AvgIpc) is 2.30. The zero-order valence-electron chi connectivity index (χ0n) is 11.3. The lowest BCUT2D eigenvalue weighted by Gasteiger charge is -2.38. The SMILES string of the molecule is CC=C(NC(OC)(OC)C(C)OC)N(C)C. The number of nitrogens with zero attached hydrogens (tertiary/aromatic N) is 1. The molecule has 0 bridgehead atoms. The van der Waals surface area contributed by atoms with Crippen LogP contribution in [0.1, 0.15) is 13.8 Å². The molecule has 5 heteroatoms. The van der Waals surface area contributed by atoms with Crippen LogP contribution in [0.25, 0.3) is 0 Å². The third-order valence-corrected chi connectivity index (χ3v) is 2.55. The fourth-order valence-corrected chi connectivity index (χ4v) is 1.39. The van der Waals surface area contributed by atoms with E-state index in [-0.39, 0.29) is 6.10 Å². The molecule has 0 radical (unpaired) electrons. The molecule has 0 saturated carbocycles. The summed E-state index contributed by atoms with van der Waals surface area (Å²) in [7, 11) is 8.65. The average molecular weight is 232 g/mol. The summed E-state index contributed by atoms with van der Waals surface area (Å²) in [5, 5.41) is 3.18. The van der Waals surface area contributed by atoms with Gasteiger partial charge in [-0.1, -0.05) is 0 Å². The van der Waals surface area contributed by atoms with E-state index >= 15 is 0 Å². The van der Waals surface area contributed by atoms with Gasteiger partial charge in [0.2, 0.25) is 0 Å². The summed E-state index contributed by atoms with van der Waals surface area (Å²) in [6, 6.07) is 0. The molecule has 0 spiro atoms. The van der Waals surface area contributed by atoms with Gasteiger partial charge in [-0.3, -0.25) is 0 Å². The van der Waals surface area contributed by atoms with Gasteiger partial charge in [0.05, 0.1) is 0 Å². The number of ether oxygens (including phenoxy) is 3. The monoisotopic (exact) mass is 232 g/mol. The second-order valence-electron chi connectivity index (χ2n) is 3.65. The fourth-order valence-electron chi connectivity index (χ4n) is 1.39. The van der Waals surface area contributed by atoms with Gasteiger partial charge in [0.25, 0.3) is 5.91 Å². The van der Waals surface area contributed by atoms with Gasteiger partial charge in [0, 0.05) is 35.4 Å². The number of rotatable bonds is 7. The Kier molecular flexibility index (Phi) is 6.40. The standard InChI is InChI=1S/C11H24N2O3/c1-8-10(13(3)4)12-11(15-6,16-7)9(2)14-5/h8-9,12H,1-7H3. The van der Waals surface area contributed by atoms with Crippen LogP contribution >= 0.6 is 0 Å². The van der Waals surface area contributed by atoms with E-state index in [9.17, 15) is 0 Å². The molecule has 0 aliphatic heterocycles. The summed E-state index contributed by atoms with van der Waals surface area (Å²) in [5.74, 6) is -0.0893. The van der Waals surface area contributed by atoms with Crippen molar-refractivity contribution in [2.24, 2.45) is 0 Å². The van der Waals surface area contributed by atoms with Crippen molar-refractivity contribution in [3.63, 3.8) is 0 Å². The summed E-state index contributed by atoms with van der Waals surface area (Å²) in [6.07, 6.45) is 1.69. The highest BCUT2D eigenvalue weighted by molar-refractivity contribution is 4.98. The molecule has 1 N–H and O–H groups in total. The fraction of sp³-hybridized carbons (Fsp3) is 0.818. The maximum absolute atomic E-state index is 5.40. The first kappa shape index (κ1) is 15.2. The summed E-state index contributed by atoms with van der Waals surface area (Å²) in [6.45, 7) is 3.82. The molecule has 0 fully saturated rings. The molecule has 0 aromatic carbocycles. The molecule has 0 aromatic rings. The van der Waals surface area contributed by atoms with Gasteiger partial charge in [-0.05, 0) is 19.9 Å². The number of hydrogen-bond acceptors (Lipinski definition) is 5. The molecule has 0 aromatic heterocycles. The van der Waals surface area contributed by atoms with E-state index in [0.29, 0.717) is 0 Å². The van der Waals surface area contributed by atoms with E-state index in [2.05, 4.69) is 5.32 Å². The molecule has 1 unspecified atom stereocenters. The smallest absolute Gasteiger partial charge is 0.277 e. The van der Waals surface area contributed by atoms with Gasteiger partial charge in [-0.15, -0.1) is 0 Å². The van der Waals surface area contributed by atoms with Gasteiger partial charge in [-0.2, -0.15) is 0 Å². The Labute approximate surface area is 98.3 Å². The van der Waals surface area contributed by atoms with Crippen molar-refractivity contribution in [2.45, 2.75) is 25.9 Å². The zero-order valence-corrected chi connectivity index (χ0v) is 11.3. The van der Waals surface area contributed by atoms with Gasteiger partial charge in [0.1, 0.15) is 11.9 Å². The predicted octanol–water partition coefficient (Wildman–Crippen LogP) is 0.980. The summed E-state index contributed by atoms with van der Waals surface area (Å²) < 4.78 is 16.1. The normalized spacial score (nSPS) is 14.8. The molecule has 0 heterocycles. The highest BCUT2D eigenvalue weighted by atomic mass is 16.7. The van der Waals surface area contributed by atoms with Crippen molar-refractivity contribution in [3.8, 4) is 0 Å². The van der Waals surface area contributed by atoms with Crippen molar-refractivity contribution in [3.05, 3.63) is 11.9 Å². The predicted molar refractivity (Wildman–Crippen MR) is 63.8 cm³/mol. The molecule has 0 saturated heterocycles. The highest BCUT2D eigenvalue weighted by Crippen LogP contribution is 2.17. The Bertz CT molecular complexity index is 225. The minimum absolute atomic E-state index is 0.252. The van der Waals surface area contributed by atoms with Crippen molar-refractivity contribution < 1.29 is 14.2 Å². The van der Waals surface area contributed by atoms with E-state index in [1.807, 2.05) is 38.9 Å². The minimum Gasteiger partial charge on any atom is -0.374 e. The molecule has 96 valence electrons. The van der Waals surface area contributed by atoms with E-state index in [1.165, 1.54) is 0 Å². The lowest BCUT2D eigenvalue weighted by molar-refractivity contribution is -0.276. The third-order valence-electron chi connectivity index (χ3n) is 2.55. The largest absolute Gasteiger partial charge is 0.374 e. The van der Waals surface area contributed by atoms with E-state index < -0.39 is 5.91 Å². The zero-order chi connectivity index (χ0) is 12.8. The van der Waals surface area contributed by atoms with E-state index in [4.69, 9.17) is 14.2 Å². The van der Waals surface area contributed by atoms with Crippen molar-refractivity contribution in [2.75, 3.05) is 35.4 Å². The molecular formula is C11H24N2O3. The topological polar surface area (TPSA) is 43.0 Å². The Morgan fingerprint density at radius 2 is 1.75 bits per heavy atom. The van der Waals surface area contributed by atoms with Crippen LogP contribution in [0.15, 0.2) is 11.9 Å². The molecule has 0 amide bonds. The lowest BCUT2D eigenvalue weighted by Crippen LogP contribution is -2.58. The Morgan fingerprint density at radius 1 is 1.25 bits per heavy atom. The highest BCUT2D eigenvalue weighted by Gasteiger charge is 2.38. The first-order chi connectivity index (χ1) is 7.47. The van der Waals surface area contributed by atoms with Crippen LogP contribution in [0, 0.1) is 0 Å². The molecule has 5 nitrogen and oxygen atoms in total. The molecule has 0 aliphatic rings. The second-order valence-corrected chi connectivity index (χ2v) is 3.65. The van der Waals surface area contributed by atoms with Crippen LogP contribution in [0.2, 0.25) is 0 Å². The lowest BCUT2D eigenvalue weighted by atomic mass is 10.3. The van der Waals surface area contributed by atoms with Gasteiger partial charge >= 0.3 is 0 Å². The van der Waals surface area contributed by atoms with Crippen LogP contribution in [0.5, 0.6) is 0 Å². The van der Waals surface area contributed by atoms with Gasteiger partial charge in [0.15, 0.2) is 0 Å². The third kappa shape index (κ3) is 3.37. The quantitative estimate of drug-likeness (QED) is 0.663. The number of allylic oxidation sites excluding steroid dienone is 1. The van der Waals surface area contributed by atoms with Crippen LogP contribution < -0.4 is 5.32 Å². The minimum atomic E-state index is -0.985. The molecule has 1 atom stereocenters. The van der Waals surface area contributed by atoms with Gasteiger partial charge in [-0.25, -0.2) is 0 Å². The van der Waals surface area contributed by atoms with Crippen molar-refractivity contribution >= 4 is 0 Å². The van der Waals surface area contributed by atoms with Crippen LogP contribution in [0.4, 0.5) is 0 Å². The summed E-state index contributed by atoms with van der Waals surface area (Å²) in [4.78, 5) is 1.94. The maximum atomic E-state index is 5.40. The summed E-state index contributed by atoms with van der Waals surface area (Å²) >= 11 is 0. The molecule has 0 rings (SSSR count).